The van der Waals surface area contributed by atoms with Gasteiger partial charge in [0.1, 0.15) is 24.2 Å². The highest BCUT2D eigenvalue weighted by Crippen LogP contribution is 2.39. The van der Waals surface area contributed by atoms with E-state index in [-0.39, 0.29) is 12.2 Å². The average molecular weight is 318 g/mol. The summed E-state index contributed by atoms with van der Waals surface area (Å²) in [5.41, 5.74) is 0.995. The lowest BCUT2D eigenvalue weighted by atomic mass is 9.97. The number of carbonyl (C=O) groups is 1. The molecule has 23 heavy (non-hydrogen) atoms. The van der Waals surface area contributed by atoms with Crippen LogP contribution in [0.5, 0.6) is 11.5 Å². The molecule has 0 aliphatic carbocycles. The van der Waals surface area contributed by atoms with E-state index < -0.39 is 18.7 Å². The van der Waals surface area contributed by atoms with Crippen LogP contribution in [0, 0.1) is 0 Å². The number of aliphatic hydroxyl groups excluding tert-OH is 2. The number of aliphatic hydroxyl groups is 2. The van der Waals surface area contributed by atoms with Crippen LogP contribution in [0.2, 0.25) is 0 Å². The fraction of sp³-hybridized carbons (Fsp3) is 0.235. The SMILES string of the molecule is COc1ccccc1-c1c(OCC(O)CO)cccc1C(=O)O. The molecule has 1 atom stereocenters. The van der Waals surface area contributed by atoms with Crippen molar-refractivity contribution in [1.29, 1.82) is 0 Å². The Bertz CT molecular complexity index is 683. The highest BCUT2D eigenvalue weighted by Gasteiger charge is 2.20. The van der Waals surface area contributed by atoms with Gasteiger partial charge in [0.05, 0.1) is 19.3 Å². The quantitative estimate of drug-likeness (QED) is 0.720. The number of aromatic carboxylic acids is 1. The molecule has 6 nitrogen and oxygen atoms in total. The molecule has 0 aliphatic rings. The van der Waals surface area contributed by atoms with Crippen molar-refractivity contribution in [1.82, 2.24) is 0 Å². The maximum absolute atomic E-state index is 11.6. The van der Waals surface area contributed by atoms with Crippen LogP contribution in [-0.2, 0) is 0 Å². The predicted molar refractivity (Wildman–Crippen MR) is 84.0 cm³/mol. The Morgan fingerprint density at radius 3 is 2.48 bits per heavy atom. The van der Waals surface area contributed by atoms with Crippen molar-refractivity contribution >= 4 is 5.97 Å². The van der Waals surface area contributed by atoms with E-state index >= 15 is 0 Å². The van der Waals surface area contributed by atoms with Crippen LogP contribution >= 0.6 is 0 Å². The molecule has 3 N–H and O–H groups in total. The Kier molecular flexibility index (Phi) is 5.56. The van der Waals surface area contributed by atoms with Gasteiger partial charge < -0.3 is 24.8 Å². The van der Waals surface area contributed by atoms with Gasteiger partial charge in [-0.05, 0) is 18.2 Å². The van der Waals surface area contributed by atoms with Crippen LogP contribution in [-0.4, -0.2) is 47.7 Å². The summed E-state index contributed by atoms with van der Waals surface area (Å²) in [5.74, 6) is -0.297. The summed E-state index contributed by atoms with van der Waals surface area (Å²) >= 11 is 0. The Labute approximate surface area is 133 Å². The second-order valence-electron chi connectivity index (χ2n) is 4.83. The molecule has 122 valence electrons. The molecule has 0 amide bonds. The molecule has 0 aromatic heterocycles. The van der Waals surface area contributed by atoms with E-state index in [1.165, 1.54) is 13.2 Å². The third-order valence-electron chi connectivity index (χ3n) is 3.27. The van der Waals surface area contributed by atoms with E-state index in [1.54, 1.807) is 36.4 Å². The molecule has 6 heteroatoms. The fourth-order valence-electron chi connectivity index (χ4n) is 2.20. The largest absolute Gasteiger partial charge is 0.496 e. The molecule has 0 aliphatic heterocycles. The van der Waals surface area contributed by atoms with Crippen molar-refractivity contribution in [3.05, 3.63) is 48.0 Å². The zero-order chi connectivity index (χ0) is 16.8. The standard InChI is InChI=1S/C17H18O6/c1-22-14-7-3-2-5-12(14)16-13(17(20)21)6-4-8-15(16)23-10-11(19)9-18/h2-8,11,18-19H,9-10H2,1H3,(H,20,21). The van der Waals surface area contributed by atoms with Gasteiger partial charge in [-0.2, -0.15) is 0 Å². The van der Waals surface area contributed by atoms with Crippen molar-refractivity contribution in [2.45, 2.75) is 6.10 Å². The van der Waals surface area contributed by atoms with Crippen LogP contribution in [0.25, 0.3) is 11.1 Å². The molecule has 2 aromatic rings. The molecule has 2 aromatic carbocycles. The van der Waals surface area contributed by atoms with E-state index in [0.29, 0.717) is 22.6 Å². The minimum Gasteiger partial charge on any atom is -0.496 e. The zero-order valence-corrected chi connectivity index (χ0v) is 12.6. The molecule has 0 heterocycles. The monoisotopic (exact) mass is 318 g/mol. The van der Waals surface area contributed by atoms with Gasteiger partial charge >= 0.3 is 5.97 Å². The Hall–Kier alpha value is -2.57. The fourth-order valence-corrected chi connectivity index (χ4v) is 2.20. The third-order valence-corrected chi connectivity index (χ3v) is 3.27. The first-order chi connectivity index (χ1) is 11.1. The van der Waals surface area contributed by atoms with Crippen molar-refractivity contribution in [2.75, 3.05) is 20.3 Å². The zero-order valence-electron chi connectivity index (χ0n) is 12.6. The molecular weight excluding hydrogens is 300 g/mol. The van der Waals surface area contributed by atoms with Crippen molar-refractivity contribution < 1.29 is 29.6 Å². The summed E-state index contributed by atoms with van der Waals surface area (Å²) in [6, 6.07) is 11.6. The molecule has 0 radical (unpaired) electrons. The van der Waals surface area contributed by atoms with Gasteiger partial charge in [0.2, 0.25) is 0 Å². The summed E-state index contributed by atoms with van der Waals surface area (Å²) in [6.07, 6.45) is -1.05. The van der Waals surface area contributed by atoms with Crippen LogP contribution in [0.15, 0.2) is 42.5 Å². The Morgan fingerprint density at radius 1 is 1.13 bits per heavy atom. The number of carboxylic acids is 1. The van der Waals surface area contributed by atoms with Gasteiger partial charge in [-0.15, -0.1) is 0 Å². The van der Waals surface area contributed by atoms with Gasteiger partial charge in [0, 0.05) is 11.1 Å². The first-order valence-corrected chi connectivity index (χ1v) is 7.00. The second kappa shape index (κ2) is 7.62. The summed E-state index contributed by atoms with van der Waals surface area (Å²) < 4.78 is 10.8. The number of methoxy groups -OCH3 is 1. The number of carboxylic acid groups (broad SMARTS) is 1. The average Bonchev–Trinajstić information content (AvgIpc) is 2.59. The van der Waals surface area contributed by atoms with Crippen LogP contribution in [0.4, 0.5) is 0 Å². The lowest BCUT2D eigenvalue weighted by Gasteiger charge is -2.17. The number of ether oxygens (including phenoxy) is 2. The smallest absolute Gasteiger partial charge is 0.336 e. The first kappa shape index (κ1) is 16.8. The van der Waals surface area contributed by atoms with E-state index in [0.717, 1.165) is 0 Å². The molecule has 0 bridgehead atoms. The molecular formula is C17H18O6. The minimum atomic E-state index is -1.10. The number of para-hydroxylation sites is 1. The number of benzene rings is 2. The van der Waals surface area contributed by atoms with Crippen molar-refractivity contribution in [2.24, 2.45) is 0 Å². The molecule has 0 spiro atoms. The van der Waals surface area contributed by atoms with E-state index in [1.807, 2.05) is 0 Å². The third kappa shape index (κ3) is 3.80. The summed E-state index contributed by atoms with van der Waals surface area (Å²) in [5, 5.41) is 27.8. The van der Waals surface area contributed by atoms with Gasteiger partial charge in [0.15, 0.2) is 0 Å². The number of hydrogen-bond acceptors (Lipinski definition) is 5. The van der Waals surface area contributed by atoms with E-state index in [2.05, 4.69) is 0 Å². The van der Waals surface area contributed by atoms with Crippen LogP contribution < -0.4 is 9.47 Å². The van der Waals surface area contributed by atoms with Crippen molar-refractivity contribution in [3.8, 4) is 22.6 Å². The van der Waals surface area contributed by atoms with Crippen molar-refractivity contribution in [3.63, 3.8) is 0 Å². The van der Waals surface area contributed by atoms with Gasteiger partial charge in [-0.3, -0.25) is 0 Å². The molecule has 0 saturated heterocycles. The Morgan fingerprint density at radius 2 is 1.83 bits per heavy atom. The number of hydrogen-bond donors (Lipinski definition) is 3. The van der Waals surface area contributed by atoms with Gasteiger partial charge in [-0.1, -0.05) is 24.3 Å². The maximum atomic E-state index is 11.6. The molecule has 0 fully saturated rings. The molecule has 1 unspecified atom stereocenters. The topological polar surface area (TPSA) is 96.2 Å². The Balaban J connectivity index is 2.56. The lowest BCUT2D eigenvalue weighted by Crippen LogP contribution is -2.21. The molecule has 2 rings (SSSR count). The maximum Gasteiger partial charge on any atom is 0.336 e. The minimum absolute atomic E-state index is 0.0606. The van der Waals surface area contributed by atoms with E-state index in [9.17, 15) is 15.0 Å². The first-order valence-electron chi connectivity index (χ1n) is 7.00. The normalized spacial score (nSPS) is 11.8. The van der Waals surface area contributed by atoms with E-state index in [4.69, 9.17) is 14.6 Å². The van der Waals surface area contributed by atoms with Crippen LogP contribution in [0.1, 0.15) is 10.4 Å². The highest BCUT2D eigenvalue weighted by molar-refractivity contribution is 5.99. The second-order valence-corrected chi connectivity index (χ2v) is 4.83. The highest BCUT2D eigenvalue weighted by atomic mass is 16.5. The summed E-state index contributed by atoms with van der Waals surface area (Å²) in [6.45, 7) is -0.593. The molecule has 0 saturated carbocycles. The predicted octanol–water partition coefficient (Wildman–Crippen LogP) is 1.79. The van der Waals surface area contributed by atoms with Crippen LogP contribution in [0.3, 0.4) is 0 Å². The lowest BCUT2D eigenvalue weighted by molar-refractivity contribution is 0.0537. The summed E-state index contributed by atoms with van der Waals surface area (Å²) in [4.78, 5) is 11.6. The summed E-state index contributed by atoms with van der Waals surface area (Å²) in [7, 11) is 1.50. The van der Waals surface area contributed by atoms with Gasteiger partial charge in [-0.25, -0.2) is 4.79 Å². The van der Waals surface area contributed by atoms with Gasteiger partial charge in [0.25, 0.3) is 0 Å². The number of rotatable bonds is 7.